The molecule has 2 rings (SSSR count). The van der Waals surface area contributed by atoms with E-state index in [1.165, 1.54) is 6.42 Å². The van der Waals surface area contributed by atoms with Crippen LogP contribution in [0.2, 0.25) is 5.02 Å². The first-order valence-corrected chi connectivity index (χ1v) is 7.91. The smallest absolute Gasteiger partial charge is 0.142 e. The van der Waals surface area contributed by atoms with Gasteiger partial charge in [-0.05, 0) is 38.3 Å². The lowest BCUT2D eigenvalue weighted by Crippen LogP contribution is -2.26. The van der Waals surface area contributed by atoms with Gasteiger partial charge >= 0.3 is 0 Å². The van der Waals surface area contributed by atoms with Crippen molar-refractivity contribution in [2.75, 3.05) is 19.8 Å². The number of nitrogens with one attached hydrogen (secondary N) is 1. The number of para-hydroxylation sites is 1. The van der Waals surface area contributed by atoms with Gasteiger partial charge < -0.3 is 14.8 Å². The molecule has 1 aliphatic heterocycles. The minimum Gasteiger partial charge on any atom is -0.489 e. The van der Waals surface area contributed by atoms with Gasteiger partial charge in [-0.1, -0.05) is 30.7 Å². The zero-order valence-electron chi connectivity index (χ0n) is 12.2. The highest BCUT2D eigenvalue weighted by atomic mass is 35.5. The molecular formula is C16H24ClNO2. The molecule has 1 unspecified atom stereocenters. The second-order valence-corrected chi connectivity index (χ2v) is 5.61. The molecule has 3 nitrogen and oxygen atoms in total. The lowest BCUT2D eigenvalue weighted by Gasteiger charge is -2.23. The van der Waals surface area contributed by atoms with E-state index in [1.54, 1.807) is 0 Å². The van der Waals surface area contributed by atoms with Crippen LogP contribution in [0.4, 0.5) is 0 Å². The topological polar surface area (TPSA) is 30.5 Å². The summed E-state index contributed by atoms with van der Waals surface area (Å²) in [6, 6.07) is 5.91. The van der Waals surface area contributed by atoms with Gasteiger partial charge in [0.15, 0.2) is 0 Å². The molecule has 1 fully saturated rings. The quantitative estimate of drug-likeness (QED) is 0.777. The van der Waals surface area contributed by atoms with Crippen molar-refractivity contribution < 1.29 is 9.47 Å². The van der Waals surface area contributed by atoms with E-state index in [0.717, 1.165) is 50.3 Å². The van der Waals surface area contributed by atoms with E-state index in [-0.39, 0.29) is 6.10 Å². The Bertz CT molecular complexity index is 405. The van der Waals surface area contributed by atoms with Gasteiger partial charge in [0.2, 0.25) is 0 Å². The highest BCUT2D eigenvalue weighted by Gasteiger charge is 2.16. The molecule has 0 amide bonds. The van der Waals surface area contributed by atoms with E-state index in [0.29, 0.717) is 11.6 Å². The molecule has 0 aromatic heterocycles. The second-order valence-electron chi connectivity index (χ2n) is 5.20. The molecule has 1 atom stereocenters. The molecule has 0 saturated carbocycles. The van der Waals surface area contributed by atoms with Crippen molar-refractivity contribution in [1.82, 2.24) is 5.32 Å². The molecule has 112 valence electrons. The zero-order valence-corrected chi connectivity index (χ0v) is 12.9. The lowest BCUT2D eigenvalue weighted by molar-refractivity contribution is -0.0112. The summed E-state index contributed by atoms with van der Waals surface area (Å²) >= 11 is 6.27. The molecule has 1 aromatic carbocycles. The molecular weight excluding hydrogens is 274 g/mol. The van der Waals surface area contributed by atoms with Gasteiger partial charge in [-0.2, -0.15) is 0 Å². The SMILES string of the molecule is CCCNCc1cccc(Cl)c1OCC1CCCCO1. The first kappa shape index (κ1) is 15.6. The molecule has 1 N–H and O–H groups in total. The Balaban J connectivity index is 1.93. The van der Waals surface area contributed by atoms with Crippen molar-refractivity contribution in [3.8, 4) is 5.75 Å². The lowest BCUT2D eigenvalue weighted by atomic mass is 10.1. The van der Waals surface area contributed by atoms with E-state index in [1.807, 2.05) is 12.1 Å². The molecule has 0 bridgehead atoms. The van der Waals surface area contributed by atoms with Crippen molar-refractivity contribution in [3.05, 3.63) is 28.8 Å². The maximum Gasteiger partial charge on any atom is 0.142 e. The number of hydrogen-bond acceptors (Lipinski definition) is 3. The van der Waals surface area contributed by atoms with Gasteiger partial charge in [0.1, 0.15) is 12.4 Å². The average molecular weight is 298 g/mol. The van der Waals surface area contributed by atoms with Gasteiger partial charge in [0.25, 0.3) is 0 Å². The fourth-order valence-electron chi connectivity index (χ4n) is 2.37. The van der Waals surface area contributed by atoms with Crippen LogP contribution in [0, 0.1) is 0 Å². The van der Waals surface area contributed by atoms with Crippen molar-refractivity contribution in [2.45, 2.75) is 45.3 Å². The Morgan fingerprint density at radius 3 is 3.05 bits per heavy atom. The molecule has 20 heavy (non-hydrogen) atoms. The van der Waals surface area contributed by atoms with Crippen LogP contribution in [0.25, 0.3) is 0 Å². The van der Waals surface area contributed by atoms with E-state index in [4.69, 9.17) is 21.1 Å². The van der Waals surface area contributed by atoms with Crippen LogP contribution < -0.4 is 10.1 Å². The van der Waals surface area contributed by atoms with Crippen LogP contribution >= 0.6 is 11.6 Å². The standard InChI is InChI=1S/C16H24ClNO2/c1-2-9-18-11-13-6-5-8-15(17)16(13)20-12-14-7-3-4-10-19-14/h5-6,8,14,18H,2-4,7,9-12H2,1H3. The molecule has 1 saturated heterocycles. The van der Waals surface area contributed by atoms with E-state index in [9.17, 15) is 0 Å². The van der Waals surface area contributed by atoms with E-state index in [2.05, 4.69) is 18.3 Å². The van der Waals surface area contributed by atoms with Crippen LogP contribution in [-0.2, 0) is 11.3 Å². The number of hydrogen-bond donors (Lipinski definition) is 1. The Morgan fingerprint density at radius 1 is 1.40 bits per heavy atom. The largest absolute Gasteiger partial charge is 0.489 e. The number of halogens is 1. The Kier molecular flexibility index (Phi) is 6.64. The van der Waals surface area contributed by atoms with Gasteiger partial charge in [0, 0.05) is 18.7 Å². The fraction of sp³-hybridized carbons (Fsp3) is 0.625. The van der Waals surface area contributed by atoms with Crippen LogP contribution in [0.15, 0.2) is 18.2 Å². The van der Waals surface area contributed by atoms with Gasteiger partial charge in [-0.3, -0.25) is 0 Å². The van der Waals surface area contributed by atoms with Crippen LogP contribution in [-0.4, -0.2) is 25.9 Å². The summed E-state index contributed by atoms with van der Waals surface area (Å²) in [5.41, 5.74) is 1.11. The summed E-state index contributed by atoms with van der Waals surface area (Å²) < 4.78 is 11.6. The van der Waals surface area contributed by atoms with Crippen LogP contribution in [0.5, 0.6) is 5.75 Å². The summed E-state index contributed by atoms with van der Waals surface area (Å²) in [7, 11) is 0. The molecule has 0 radical (unpaired) electrons. The number of rotatable bonds is 7. The predicted octanol–water partition coefficient (Wildman–Crippen LogP) is 3.79. The molecule has 0 spiro atoms. The molecule has 0 aliphatic carbocycles. The minimum absolute atomic E-state index is 0.205. The summed E-state index contributed by atoms with van der Waals surface area (Å²) in [4.78, 5) is 0. The maximum absolute atomic E-state index is 6.27. The summed E-state index contributed by atoms with van der Waals surface area (Å²) in [5, 5.41) is 4.06. The summed E-state index contributed by atoms with van der Waals surface area (Å²) in [6.45, 7) is 5.38. The summed E-state index contributed by atoms with van der Waals surface area (Å²) in [5.74, 6) is 0.798. The normalized spacial score (nSPS) is 19.0. The third-order valence-electron chi connectivity index (χ3n) is 3.48. The summed E-state index contributed by atoms with van der Waals surface area (Å²) in [6.07, 6.45) is 4.79. The average Bonchev–Trinajstić information content (AvgIpc) is 2.48. The molecule has 1 aliphatic rings. The van der Waals surface area contributed by atoms with Gasteiger partial charge in [0.05, 0.1) is 11.1 Å². The molecule has 1 heterocycles. The number of benzene rings is 1. The van der Waals surface area contributed by atoms with Crippen LogP contribution in [0.3, 0.4) is 0 Å². The van der Waals surface area contributed by atoms with E-state index < -0.39 is 0 Å². The highest BCUT2D eigenvalue weighted by molar-refractivity contribution is 6.32. The third-order valence-corrected chi connectivity index (χ3v) is 3.78. The van der Waals surface area contributed by atoms with Crippen LogP contribution in [0.1, 0.15) is 38.2 Å². The third kappa shape index (κ3) is 4.65. The van der Waals surface area contributed by atoms with Crippen molar-refractivity contribution in [1.29, 1.82) is 0 Å². The Hall–Kier alpha value is -0.770. The monoisotopic (exact) mass is 297 g/mol. The van der Waals surface area contributed by atoms with Gasteiger partial charge in [-0.25, -0.2) is 0 Å². The van der Waals surface area contributed by atoms with Crippen molar-refractivity contribution in [3.63, 3.8) is 0 Å². The Labute approximate surface area is 126 Å². The predicted molar refractivity (Wildman–Crippen MR) is 82.5 cm³/mol. The van der Waals surface area contributed by atoms with Crippen molar-refractivity contribution >= 4 is 11.6 Å². The Morgan fingerprint density at radius 2 is 2.30 bits per heavy atom. The number of ether oxygens (including phenoxy) is 2. The first-order valence-electron chi connectivity index (χ1n) is 7.53. The molecule has 1 aromatic rings. The fourth-order valence-corrected chi connectivity index (χ4v) is 2.62. The van der Waals surface area contributed by atoms with Crippen molar-refractivity contribution in [2.24, 2.45) is 0 Å². The molecule has 4 heteroatoms. The maximum atomic E-state index is 6.27. The van der Waals surface area contributed by atoms with Gasteiger partial charge in [-0.15, -0.1) is 0 Å². The second kappa shape index (κ2) is 8.50. The first-order chi connectivity index (χ1) is 9.81. The minimum atomic E-state index is 0.205. The highest BCUT2D eigenvalue weighted by Crippen LogP contribution is 2.29. The zero-order chi connectivity index (χ0) is 14.2. The van der Waals surface area contributed by atoms with E-state index >= 15 is 0 Å².